The summed E-state index contributed by atoms with van der Waals surface area (Å²) >= 11 is 1.53. The molecule has 5 heteroatoms. The minimum absolute atomic E-state index is 0.485. The molecular formula is C12H14N2O2S. The second kappa shape index (κ2) is 5.14. The highest BCUT2D eigenvalue weighted by Gasteiger charge is 2.08. The van der Waals surface area contributed by atoms with E-state index in [9.17, 15) is 0 Å². The van der Waals surface area contributed by atoms with Gasteiger partial charge in [-0.3, -0.25) is 0 Å². The Morgan fingerprint density at radius 1 is 1.41 bits per heavy atom. The fraction of sp³-hybridized carbons (Fsp3) is 0.250. The first-order valence-corrected chi connectivity index (χ1v) is 6.13. The number of pyridine rings is 1. The van der Waals surface area contributed by atoms with Crippen LogP contribution in [0.3, 0.4) is 0 Å². The summed E-state index contributed by atoms with van der Waals surface area (Å²) in [6.07, 6.45) is 1.67. The molecule has 0 aromatic carbocycles. The smallest absolute Gasteiger partial charge is 0.238 e. The Morgan fingerprint density at radius 3 is 2.88 bits per heavy atom. The molecule has 17 heavy (non-hydrogen) atoms. The van der Waals surface area contributed by atoms with Crippen molar-refractivity contribution in [3.8, 4) is 5.88 Å². The maximum absolute atomic E-state index is 5.76. The molecule has 4 nitrogen and oxygen atoms in total. The van der Waals surface area contributed by atoms with Crippen LogP contribution in [0.2, 0.25) is 0 Å². The minimum Gasteiger partial charge on any atom is -0.476 e. The van der Waals surface area contributed by atoms with E-state index in [1.165, 1.54) is 11.8 Å². The van der Waals surface area contributed by atoms with Crippen molar-refractivity contribution in [3.05, 3.63) is 30.2 Å². The summed E-state index contributed by atoms with van der Waals surface area (Å²) in [5, 5.41) is 0.840. The summed E-state index contributed by atoms with van der Waals surface area (Å²) in [5.74, 6) is 1.37. The number of nitrogen functional groups attached to an aromatic ring is 1. The summed E-state index contributed by atoms with van der Waals surface area (Å²) in [6.45, 7) is 4.38. The van der Waals surface area contributed by atoms with Gasteiger partial charge < -0.3 is 14.9 Å². The van der Waals surface area contributed by atoms with Crippen LogP contribution in [-0.2, 0) is 0 Å². The van der Waals surface area contributed by atoms with E-state index >= 15 is 0 Å². The Labute approximate surface area is 104 Å². The fourth-order valence-electron chi connectivity index (χ4n) is 1.34. The Hall–Kier alpha value is -1.62. The predicted octanol–water partition coefficient (Wildman–Crippen LogP) is 3.12. The third kappa shape index (κ3) is 2.74. The van der Waals surface area contributed by atoms with Crippen molar-refractivity contribution in [2.24, 2.45) is 0 Å². The number of aromatic nitrogens is 1. The minimum atomic E-state index is 0.485. The maximum atomic E-state index is 5.76. The molecule has 0 unspecified atom stereocenters. The van der Waals surface area contributed by atoms with Crippen LogP contribution >= 0.6 is 11.8 Å². The lowest BCUT2D eigenvalue weighted by Crippen LogP contribution is -1.99. The maximum Gasteiger partial charge on any atom is 0.238 e. The molecule has 0 radical (unpaired) electrons. The molecule has 0 fully saturated rings. The molecule has 0 bridgehead atoms. The largest absolute Gasteiger partial charge is 0.476 e. The van der Waals surface area contributed by atoms with Gasteiger partial charge in [-0.05, 0) is 32.0 Å². The molecule has 2 aromatic rings. The zero-order valence-electron chi connectivity index (χ0n) is 9.77. The van der Waals surface area contributed by atoms with Gasteiger partial charge in [-0.15, -0.1) is 0 Å². The molecule has 2 aromatic heterocycles. The van der Waals surface area contributed by atoms with Crippen molar-refractivity contribution in [2.45, 2.75) is 23.8 Å². The van der Waals surface area contributed by atoms with Crippen LogP contribution in [0.4, 0.5) is 5.69 Å². The molecule has 2 heterocycles. The Morgan fingerprint density at radius 2 is 2.24 bits per heavy atom. The third-order valence-electron chi connectivity index (χ3n) is 2.17. The molecule has 0 aliphatic rings. The molecule has 0 saturated heterocycles. The zero-order valence-corrected chi connectivity index (χ0v) is 10.6. The van der Waals surface area contributed by atoms with E-state index in [4.69, 9.17) is 14.9 Å². The van der Waals surface area contributed by atoms with Crippen molar-refractivity contribution in [3.63, 3.8) is 0 Å². The van der Waals surface area contributed by atoms with Gasteiger partial charge in [0.15, 0.2) is 0 Å². The summed E-state index contributed by atoms with van der Waals surface area (Å²) in [6, 6.07) is 5.59. The molecule has 2 N–H and O–H groups in total. The average molecular weight is 250 g/mol. The molecule has 0 spiro atoms. The molecule has 0 amide bonds. The van der Waals surface area contributed by atoms with Crippen LogP contribution in [0.25, 0.3) is 0 Å². The SMILES string of the molecule is CCOc1nc(Sc2ccoc2C)ccc1N. The van der Waals surface area contributed by atoms with Crippen molar-refractivity contribution in [1.82, 2.24) is 4.98 Å². The van der Waals surface area contributed by atoms with Crippen LogP contribution in [-0.4, -0.2) is 11.6 Å². The van der Waals surface area contributed by atoms with Crippen LogP contribution in [0.5, 0.6) is 5.88 Å². The monoisotopic (exact) mass is 250 g/mol. The van der Waals surface area contributed by atoms with Gasteiger partial charge in [-0.25, -0.2) is 4.98 Å². The summed E-state index contributed by atoms with van der Waals surface area (Å²) in [4.78, 5) is 5.40. The molecule has 0 atom stereocenters. The first-order valence-electron chi connectivity index (χ1n) is 5.32. The molecule has 90 valence electrons. The summed E-state index contributed by atoms with van der Waals surface area (Å²) in [5.41, 5.74) is 6.32. The van der Waals surface area contributed by atoms with Gasteiger partial charge in [0.1, 0.15) is 10.8 Å². The second-order valence-corrected chi connectivity index (χ2v) is 4.48. The topological polar surface area (TPSA) is 61.3 Å². The molecule has 0 aliphatic carbocycles. The molecule has 0 aliphatic heterocycles. The number of rotatable bonds is 4. The number of nitrogens with zero attached hydrogens (tertiary/aromatic N) is 1. The number of anilines is 1. The van der Waals surface area contributed by atoms with Crippen LogP contribution in [0.15, 0.2) is 38.8 Å². The molecular weight excluding hydrogens is 236 g/mol. The first kappa shape index (κ1) is 11.9. The molecule has 0 saturated carbocycles. The number of aryl methyl sites for hydroxylation is 1. The highest BCUT2D eigenvalue weighted by Crippen LogP contribution is 2.32. The lowest BCUT2D eigenvalue weighted by atomic mass is 10.4. The van der Waals surface area contributed by atoms with E-state index < -0.39 is 0 Å². The van der Waals surface area contributed by atoms with E-state index in [1.54, 1.807) is 12.3 Å². The van der Waals surface area contributed by atoms with Gasteiger partial charge in [0.05, 0.1) is 23.5 Å². The van der Waals surface area contributed by atoms with Crippen molar-refractivity contribution < 1.29 is 9.15 Å². The normalized spacial score (nSPS) is 10.5. The van der Waals surface area contributed by atoms with Gasteiger partial charge in [0, 0.05) is 0 Å². The van der Waals surface area contributed by atoms with Crippen LogP contribution in [0, 0.1) is 6.92 Å². The van der Waals surface area contributed by atoms with Crippen molar-refractivity contribution in [1.29, 1.82) is 0 Å². The van der Waals surface area contributed by atoms with Crippen molar-refractivity contribution in [2.75, 3.05) is 12.3 Å². The summed E-state index contributed by atoms with van der Waals surface area (Å²) < 4.78 is 10.6. The quantitative estimate of drug-likeness (QED) is 0.903. The first-order chi connectivity index (χ1) is 8.20. The van der Waals surface area contributed by atoms with Gasteiger partial charge >= 0.3 is 0 Å². The van der Waals surface area contributed by atoms with Gasteiger partial charge in [0.25, 0.3) is 0 Å². The Kier molecular flexibility index (Phi) is 3.58. The number of hydrogen-bond acceptors (Lipinski definition) is 5. The van der Waals surface area contributed by atoms with E-state index in [0.29, 0.717) is 18.2 Å². The van der Waals surface area contributed by atoms with Gasteiger partial charge in [0.2, 0.25) is 5.88 Å². The third-order valence-corrected chi connectivity index (χ3v) is 3.25. The number of hydrogen-bond donors (Lipinski definition) is 1. The van der Waals surface area contributed by atoms with E-state index in [0.717, 1.165) is 15.7 Å². The van der Waals surface area contributed by atoms with Crippen molar-refractivity contribution >= 4 is 17.4 Å². The van der Waals surface area contributed by atoms with Crippen LogP contribution < -0.4 is 10.5 Å². The standard InChI is InChI=1S/C12H14N2O2S/c1-3-15-12-9(13)4-5-11(14-12)17-10-6-7-16-8(10)2/h4-7H,3,13H2,1-2H3. The highest BCUT2D eigenvalue weighted by atomic mass is 32.2. The van der Waals surface area contributed by atoms with E-state index in [2.05, 4.69) is 4.98 Å². The Balaban J connectivity index is 2.22. The summed E-state index contributed by atoms with van der Waals surface area (Å²) in [7, 11) is 0. The van der Waals surface area contributed by atoms with E-state index in [-0.39, 0.29) is 0 Å². The lowest BCUT2D eigenvalue weighted by Gasteiger charge is -2.07. The lowest BCUT2D eigenvalue weighted by molar-refractivity contribution is 0.326. The van der Waals surface area contributed by atoms with Crippen LogP contribution in [0.1, 0.15) is 12.7 Å². The van der Waals surface area contributed by atoms with E-state index in [1.807, 2.05) is 26.0 Å². The second-order valence-electron chi connectivity index (χ2n) is 3.42. The number of furan rings is 1. The fourth-order valence-corrected chi connectivity index (χ4v) is 2.14. The van der Waals surface area contributed by atoms with Gasteiger partial charge in [-0.2, -0.15) is 0 Å². The van der Waals surface area contributed by atoms with Gasteiger partial charge in [-0.1, -0.05) is 11.8 Å². The highest BCUT2D eigenvalue weighted by molar-refractivity contribution is 7.99. The number of ether oxygens (including phenoxy) is 1. The number of nitrogens with two attached hydrogens (primary N) is 1. The average Bonchev–Trinajstić information content (AvgIpc) is 2.70. The Bertz CT molecular complexity index is 511. The molecule has 2 rings (SSSR count). The predicted molar refractivity (Wildman–Crippen MR) is 67.4 cm³/mol. The zero-order chi connectivity index (χ0) is 12.3.